The summed E-state index contributed by atoms with van der Waals surface area (Å²) in [7, 11) is 0. The summed E-state index contributed by atoms with van der Waals surface area (Å²) in [4.78, 5) is 24.2. The molecule has 2 aromatic heterocycles. The van der Waals surface area contributed by atoms with Crippen molar-refractivity contribution in [1.82, 2.24) is 9.97 Å². The highest BCUT2D eigenvalue weighted by molar-refractivity contribution is 8.00. The Morgan fingerprint density at radius 1 is 1.16 bits per heavy atom. The van der Waals surface area contributed by atoms with Crippen LogP contribution in [0.5, 0.6) is 11.5 Å². The molecule has 0 bridgehead atoms. The molecule has 162 valence electrons. The molecule has 7 heteroatoms. The Bertz CT molecular complexity index is 1260. The highest BCUT2D eigenvalue weighted by Crippen LogP contribution is 2.40. The van der Waals surface area contributed by atoms with E-state index >= 15 is 0 Å². The maximum Gasteiger partial charge on any atom is 0.234 e. The normalized spacial score (nSPS) is 15.3. The van der Waals surface area contributed by atoms with Gasteiger partial charge in [-0.3, -0.25) is 4.79 Å². The van der Waals surface area contributed by atoms with Crippen LogP contribution in [0.2, 0.25) is 0 Å². The molecular weight excluding hydrogens is 438 g/mol. The maximum atomic E-state index is 12.8. The summed E-state index contributed by atoms with van der Waals surface area (Å²) in [6.45, 7) is 2.30. The monoisotopic (exact) mass is 461 g/mol. The van der Waals surface area contributed by atoms with Crippen LogP contribution in [-0.2, 0) is 17.6 Å². The van der Waals surface area contributed by atoms with E-state index in [1.54, 1.807) is 17.7 Å². The number of rotatable bonds is 6. The van der Waals surface area contributed by atoms with Gasteiger partial charge in [0.2, 0.25) is 5.91 Å². The summed E-state index contributed by atoms with van der Waals surface area (Å²) in [5.41, 5.74) is 2.03. The van der Waals surface area contributed by atoms with Gasteiger partial charge in [0.15, 0.2) is 5.75 Å². The Morgan fingerprint density at radius 2 is 1.97 bits per heavy atom. The van der Waals surface area contributed by atoms with E-state index in [4.69, 9.17) is 4.74 Å². The zero-order chi connectivity index (χ0) is 21.9. The first-order valence-corrected chi connectivity index (χ1v) is 12.5. The Balaban J connectivity index is 1.30. The van der Waals surface area contributed by atoms with E-state index in [2.05, 4.69) is 22.2 Å². The number of benzene rings is 2. The minimum atomic E-state index is -0.0939. The molecule has 0 spiro atoms. The fraction of sp³-hybridized carbons (Fsp3) is 0.240. The van der Waals surface area contributed by atoms with Crippen molar-refractivity contribution >= 4 is 44.9 Å². The number of aryl methyl sites for hydroxylation is 1. The topological polar surface area (TPSA) is 64.1 Å². The second kappa shape index (κ2) is 9.30. The second-order valence-electron chi connectivity index (χ2n) is 7.96. The van der Waals surface area contributed by atoms with Gasteiger partial charge < -0.3 is 10.1 Å². The van der Waals surface area contributed by atoms with Crippen LogP contribution in [0.1, 0.15) is 23.8 Å². The van der Waals surface area contributed by atoms with Gasteiger partial charge in [0.25, 0.3) is 0 Å². The van der Waals surface area contributed by atoms with Crippen LogP contribution < -0.4 is 10.1 Å². The minimum absolute atomic E-state index is 0.0939. The summed E-state index contributed by atoms with van der Waals surface area (Å²) in [5.74, 6) is 2.23. The quantitative estimate of drug-likeness (QED) is 0.268. The molecule has 0 aliphatic heterocycles. The molecule has 0 fully saturated rings. The highest BCUT2D eigenvalue weighted by atomic mass is 32.2. The molecule has 0 saturated carbocycles. The minimum Gasteiger partial charge on any atom is -0.455 e. The van der Waals surface area contributed by atoms with Crippen LogP contribution in [0, 0.1) is 5.92 Å². The predicted molar refractivity (Wildman–Crippen MR) is 131 cm³/mol. The van der Waals surface area contributed by atoms with Crippen molar-refractivity contribution in [3.63, 3.8) is 0 Å². The molecule has 2 heterocycles. The van der Waals surface area contributed by atoms with Crippen LogP contribution >= 0.6 is 23.1 Å². The van der Waals surface area contributed by atoms with E-state index in [1.807, 2.05) is 54.6 Å². The first-order chi connectivity index (χ1) is 15.7. The lowest BCUT2D eigenvalue weighted by molar-refractivity contribution is -0.113. The van der Waals surface area contributed by atoms with Crippen LogP contribution in [-0.4, -0.2) is 21.6 Å². The average molecular weight is 462 g/mol. The van der Waals surface area contributed by atoms with Gasteiger partial charge in [0.05, 0.1) is 11.4 Å². The molecule has 1 amide bonds. The van der Waals surface area contributed by atoms with Gasteiger partial charge in [0.1, 0.15) is 21.9 Å². The molecule has 5 rings (SSSR count). The number of anilines is 1. The van der Waals surface area contributed by atoms with Crippen LogP contribution in [0.3, 0.4) is 0 Å². The number of nitrogens with zero attached hydrogens (tertiary/aromatic N) is 2. The molecule has 0 saturated heterocycles. The van der Waals surface area contributed by atoms with E-state index in [0.717, 1.165) is 33.8 Å². The lowest BCUT2D eigenvalue weighted by Gasteiger charge is -2.18. The van der Waals surface area contributed by atoms with Crippen molar-refractivity contribution in [3.05, 3.63) is 71.4 Å². The summed E-state index contributed by atoms with van der Waals surface area (Å²) in [5, 5.41) is 5.02. The lowest BCUT2D eigenvalue weighted by Crippen LogP contribution is -2.14. The molecule has 1 aliphatic rings. The third-order valence-corrected chi connectivity index (χ3v) is 7.68. The summed E-state index contributed by atoms with van der Waals surface area (Å²) >= 11 is 3.24. The third kappa shape index (κ3) is 4.49. The SMILES string of the molecule is CC1CCc2c(sc3ncnc(SCC(=O)Nc4ccccc4Oc4ccccc4)c23)C1. The fourth-order valence-electron chi connectivity index (χ4n) is 3.95. The van der Waals surface area contributed by atoms with E-state index < -0.39 is 0 Å². The standard InChI is InChI=1S/C25H23N3O2S2/c1-16-11-12-18-21(13-16)32-25-23(18)24(26-15-27-25)31-14-22(29)28-19-9-5-6-10-20(19)30-17-7-3-2-4-8-17/h2-10,15-16H,11-14H2,1H3,(H,28,29). The molecule has 0 radical (unpaired) electrons. The molecule has 32 heavy (non-hydrogen) atoms. The number of thioether (sulfide) groups is 1. The Hall–Kier alpha value is -2.90. The number of amides is 1. The largest absolute Gasteiger partial charge is 0.455 e. The second-order valence-corrected chi connectivity index (χ2v) is 10.0. The van der Waals surface area contributed by atoms with Crippen LogP contribution in [0.15, 0.2) is 66.0 Å². The number of nitrogens with one attached hydrogen (secondary N) is 1. The molecule has 4 aromatic rings. The number of aromatic nitrogens is 2. The predicted octanol–water partition coefficient (Wildman–Crippen LogP) is 6.34. The lowest BCUT2D eigenvalue weighted by atomic mass is 9.89. The number of fused-ring (bicyclic) bond motifs is 3. The molecule has 1 N–H and O–H groups in total. The first-order valence-electron chi connectivity index (χ1n) is 10.7. The molecule has 1 aliphatic carbocycles. The molecular formula is C25H23N3O2S2. The average Bonchev–Trinajstić information content (AvgIpc) is 3.18. The zero-order valence-electron chi connectivity index (χ0n) is 17.7. The summed E-state index contributed by atoms with van der Waals surface area (Å²) in [6.07, 6.45) is 4.97. The van der Waals surface area contributed by atoms with E-state index in [9.17, 15) is 4.79 Å². The number of thiophene rings is 1. The zero-order valence-corrected chi connectivity index (χ0v) is 19.3. The van der Waals surface area contributed by atoms with Gasteiger partial charge in [-0.2, -0.15) is 0 Å². The summed E-state index contributed by atoms with van der Waals surface area (Å²) < 4.78 is 5.95. The number of carbonyl (C=O) groups excluding carboxylic acids is 1. The summed E-state index contributed by atoms with van der Waals surface area (Å²) in [6, 6.07) is 17.0. The number of hydrogen-bond donors (Lipinski definition) is 1. The van der Waals surface area contributed by atoms with E-state index in [1.165, 1.54) is 28.6 Å². The Kier molecular flexibility index (Phi) is 6.10. The van der Waals surface area contributed by atoms with Gasteiger partial charge >= 0.3 is 0 Å². The number of carbonyl (C=O) groups is 1. The van der Waals surface area contributed by atoms with Gasteiger partial charge in [-0.25, -0.2) is 9.97 Å². The Morgan fingerprint density at radius 3 is 2.84 bits per heavy atom. The van der Waals surface area contributed by atoms with E-state index in [-0.39, 0.29) is 11.7 Å². The number of para-hydroxylation sites is 3. The van der Waals surface area contributed by atoms with Crippen molar-refractivity contribution in [3.8, 4) is 11.5 Å². The van der Waals surface area contributed by atoms with Gasteiger partial charge in [0, 0.05) is 10.3 Å². The van der Waals surface area contributed by atoms with Crippen molar-refractivity contribution in [2.24, 2.45) is 5.92 Å². The maximum absolute atomic E-state index is 12.8. The molecule has 1 atom stereocenters. The first kappa shape index (κ1) is 21.0. The molecule has 2 aromatic carbocycles. The van der Waals surface area contributed by atoms with Crippen molar-refractivity contribution in [2.45, 2.75) is 31.2 Å². The van der Waals surface area contributed by atoms with Gasteiger partial charge in [-0.05, 0) is 55.0 Å². The van der Waals surface area contributed by atoms with Gasteiger partial charge in [-0.15, -0.1) is 11.3 Å². The highest BCUT2D eigenvalue weighted by Gasteiger charge is 2.23. The molecule has 1 unspecified atom stereocenters. The third-order valence-electron chi connectivity index (χ3n) is 5.53. The van der Waals surface area contributed by atoms with E-state index in [0.29, 0.717) is 17.4 Å². The molecule has 5 nitrogen and oxygen atoms in total. The van der Waals surface area contributed by atoms with Crippen LogP contribution in [0.25, 0.3) is 10.2 Å². The van der Waals surface area contributed by atoms with Crippen molar-refractivity contribution in [1.29, 1.82) is 0 Å². The van der Waals surface area contributed by atoms with Crippen molar-refractivity contribution in [2.75, 3.05) is 11.1 Å². The van der Waals surface area contributed by atoms with Crippen LogP contribution in [0.4, 0.5) is 5.69 Å². The number of ether oxygens (including phenoxy) is 1. The number of hydrogen-bond acceptors (Lipinski definition) is 6. The fourth-order valence-corrected chi connectivity index (χ4v) is 6.19. The Labute approximate surface area is 195 Å². The van der Waals surface area contributed by atoms with Crippen molar-refractivity contribution < 1.29 is 9.53 Å². The smallest absolute Gasteiger partial charge is 0.234 e. The van der Waals surface area contributed by atoms with Gasteiger partial charge in [-0.1, -0.05) is 49.0 Å².